The molecule has 124 valence electrons. The minimum absolute atomic E-state index is 0.0790. The number of hydrogen-bond acceptors (Lipinski definition) is 3. The summed E-state index contributed by atoms with van der Waals surface area (Å²) in [6.07, 6.45) is -4.85. The molecule has 23 heavy (non-hydrogen) atoms. The van der Waals surface area contributed by atoms with Crippen LogP contribution in [0.25, 0.3) is 0 Å². The lowest BCUT2D eigenvalue weighted by Gasteiger charge is -2.22. The molecule has 0 unspecified atom stereocenters. The summed E-state index contributed by atoms with van der Waals surface area (Å²) in [5, 5.41) is 1.91. The van der Waals surface area contributed by atoms with Gasteiger partial charge in [-0.1, -0.05) is 30.3 Å². The molecule has 1 heterocycles. The van der Waals surface area contributed by atoms with E-state index in [9.17, 15) is 27.6 Å². The van der Waals surface area contributed by atoms with Crippen molar-refractivity contribution in [1.29, 1.82) is 0 Å². The Labute approximate surface area is 130 Å². The van der Waals surface area contributed by atoms with Crippen molar-refractivity contribution in [1.82, 2.24) is 10.2 Å². The summed E-state index contributed by atoms with van der Waals surface area (Å²) in [7, 11) is 0. The second kappa shape index (κ2) is 6.80. The predicted molar refractivity (Wildman–Crippen MR) is 74.0 cm³/mol. The fourth-order valence-corrected chi connectivity index (χ4v) is 2.32. The fraction of sp³-hybridized carbons (Fsp3) is 0.400. The van der Waals surface area contributed by atoms with Gasteiger partial charge in [0, 0.05) is 25.8 Å². The number of carbonyl (C=O) groups excluding carboxylic acids is 3. The van der Waals surface area contributed by atoms with Crippen molar-refractivity contribution in [3.8, 4) is 0 Å². The average Bonchev–Trinajstić information content (AvgIpc) is 2.81. The molecule has 0 aromatic heterocycles. The van der Waals surface area contributed by atoms with E-state index in [0.29, 0.717) is 0 Å². The average molecular weight is 328 g/mol. The highest BCUT2D eigenvalue weighted by atomic mass is 19.4. The summed E-state index contributed by atoms with van der Waals surface area (Å²) in [5.41, 5.74) is -0.0818. The van der Waals surface area contributed by atoms with Gasteiger partial charge in [0.05, 0.1) is 0 Å². The van der Waals surface area contributed by atoms with E-state index in [4.69, 9.17) is 0 Å². The molecule has 1 aromatic rings. The van der Waals surface area contributed by atoms with Crippen LogP contribution in [0.4, 0.5) is 13.2 Å². The number of benzene rings is 1. The lowest BCUT2D eigenvalue weighted by Crippen LogP contribution is -2.40. The van der Waals surface area contributed by atoms with Crippen molar-refractivity contribution in [3.63, 3.8) is 0 Å². The van der Waals surface area contributed by atoms with E-state index >= 15 is 0 Å². The number of nitrogens with zero attached hydrogens (tertiary/aromatic N) is 1. The first-order valence-corrected chi connectivity index (χ1v) is 7.03. The van der Waals surface area contributed by atoms with Crippen LogP contribution in [0.3, 0.4) is 0 Å². The molecule has 5 nitrogen and oxygen atoms in total. The van der Waals surface area contributed by atoms with Crippen molar-refractivity contribution >= 4 is 17.7 Å². The van der Waals surface area contributed by atoms with Gasteiger partial charge in [0.15, 0.2) is 6.04 Å². The molecule has 0 radical (unpaired) electrons. The van der Waals surface area contributed by atoms with Gasteiger partial charge in [0.25, 0.3) is 0 Å². The Morgan fingerprint density at radius 3 is 2.22 bits per heavy atom. The first-order chi connectivity index (χ1) is 10.8. The largest absolute Gasteiger partial charge is 0.412 e. The molecular weight excluding hydrogens is 313 g/mol. The molecule has 1 N–H and O–H groups in total. The van der Waals surface area contributed by atoms with Crippen LogP contribution in [0.2, 0.25) is 0 Å². The molecule has 1 saturated heterocycles. The fourth-order valence-electron chi connectivity index (χ4n) is 2.32. The highest BCUT2D eigenvalue weighted by Crippen LogP contribution is 2.32. The van der Waals surface area contributed by atoms with Crippen molar-refractivity contribution in [2.24, 2.45) is 0 Å². The molecule has 2 rings (SSSR count). The number of nitrogens with one attached hydrogen (secondary N) is 1. The number of hydrogen-bond donors (Lipinski definition) is 1. The lowest BCUT2D eigenvalue weighted by molar-refractivity contribution is -0.163. The minimum Gasteiger partial charge on any atom is -0.341 e. The van der Waals surface area contributed by atoms with Crippen LogP contribution in [0, 0.1) is 0 Å². The van der Waals surface area contributed by atoms with Gasteiger partial charge in [-0.15, -0.1) is 0 Å². The van der Waals surface area contributed by atoms with E-state index in [1.807, 2.05) is 5.32 Å². The van der Waals surface area contributed by atoms with E-state index in [1.54, 1.807) is 6.07 Å². The number of carbonyl (C=O) groups is 3. The van der Waals surface area contributed by atoms with Gasteiger partial charge < -0.3 is 5.32 Å². The van der Waals surface area contributed by atoms with Crippen LogP contribution in [-0.4, -0.2) is 35.3 Å². The smallest absolute Gasteiger partial charge is 0.341 e. The molecule has 0 bridgehead atoms. The SMILES string of the molecule is O=C(CCN1C(=O)CCC1=O)N[C@H](c1ccccc1)C(F)(F)F. The molecule has 1 aromatic carbocycles. The van der Waals surface area contributed by atoms with Gasteiger partial charge in [-0.2, -0.15) is 13.2 Å². The van der Waals surface area contributed by atoms with Crippen LogP contribution in [0.1, 0.15) is 30.9 Å². The molecule has 0 spiro atoms. The number of imide groups is 1. The molecule has 0 aliphatic carbocycles. The third-order valence-electron chi connectivity index (χ3n) is 3.48. The van der Waals surface area contributed by atoms with E-state index in [0.717, 1.165) is 4.90 Å². The second-order valence-electron chi connectivity index (χ2n) is 5.14. The zero-order chi connectivity index (χ0) is 17.0. The maximum atomic E-state index is 13.1. The van der Waals surface area contributed by atoms with Crippen molar-refractivity contribution in [2.75, 3.05) is 6.54 Å². The Balaban J connectivity index is 1.98. The summed E-state index contributed by atoms with van der Waals surface area (Å²) in [6, 6.07) is 4.88. The predicted octanol–water partition coefficient (Wildman–Crippen LogP) is 1.95. The second-order valence-corrected chi connectivity index (χ2v) is 5.14. The first-order valence-electron chi connectivity index (χ1n) is 7.03. The Bertz CT molecular complexity index is 586. The maximum absolute atomic E-state index is 13.1. The monoisotopic (exact) mass is 328 g/mol. The zero-order valence-corrected chi connectivity index (χ0v) is 12.1. The molecule has 1 atom stereocenters. The topological polar surface area (TPSA) is 66.5 Å². The van der Waals surface area contributed by atoms with Gasteiger partial charge in [0.1, 0.15) is 0 Å². The zero-order valence-electron chi connectivity index (χ0n) is 12.1. The number of amides is 3. The van der Waals surface area contributed by atoms with E-state index < -0.39 is 29.9 Å². The van der Waals surface area contributed by atoms with Crippen molar-refractivity contribution in [2.45, 2.75) is 31.5 Å². The number of rotatable bonds is 5. The highest BCUT2D eigenvalue weighted by Gasteiger charge is 2.41. The van der Waals surface area contributed by atoms with Crippen LogP contribution in [-0.2, 0) is 14.4 Å². The summed E-state index contributed by atoms with van der Waals surface area (Å²) in [4.78, 5) is 35.5. The van der Waals surface area contributed by atoms with Crippen LogP contribution in [0.15, 0.2) is 30.3 Å². The minimum atomic E-state index is -4.64. The Kier molecular flexibility index (Phi) is 5.02. The quantitative estimate of drug-likeness (QED) is 0.840. The lowest BCUT2D eigenvalue weighted by atomic mass is 10.1. The van der Waals surface area contributed by atoms with Gasteiger partial charge in [-0.05, 0) is 5.56 Å². The first kappa shape index (κ1) is 17.0. The Hall–Kier alpha value is -2.38. The molecule has 8 heteroatoms. The van der Waals surface area contributed by atoms with Crippen molar-refractivity contribution < 1.29 is 27.6 Å². The molecule has 1 aliphatic rings. The van der Waals surface area contributed by atoms with Gasteiger partial charge >= 0.3 is 6.18 Å². The molecular formula is C15H15F3N2O3. The van der Waals surface area contributed by atoms with Crippen LogP contribution < -0.4 is 5.32 Å². The standard InChI is InChI=1S/C15H15F3N2O3/c16-15(17,18)14(10-4-2-1-3-5-10)19-11(21)8-9-20-12(22)6-7-13(20)23/h1-5,14H,6-9H2,(H,19,21)/t14-/m1/s1. The van der Waals surface area contributed by atoms with E-state index in [-0.39, 0.29) is 31.4 Å². The Morgan fingerprint density at radius 1 is 1.13 bits per heavy atom. The Morgan fingerprint density at radius 2 is 1.70 bits per heavy atom. The summed E-state index contributed by atoms with van der Waals surface area (Å²) < 4.78 is 39.3. The van der Waals surface area contributed by atoms with Gasteiger partial charge in [0.2, 0.25) is 17.7 Å². The number of alkyl halides is 3. The third-order valence-corrected chi connectivity index (χ3v) is 3.48. The van der Waals surface area contributed by atoms with Gasteiger partial charge in [-0.25, -0.2) is 0 Å². The molecule has 1 fully saturated rings. The normalized spacial score (nSPS) is 16.6. The third kappa shape index (κ3) is 4.30. The molecule has 1 aliphatic heterocycles. The maximum Gasteiger partial charge on any atom is 0.412 e. The molecule has 0 saturated carbocycles. The van der Waals surface area contributed by atoms with E-state index in [2.05, 4.69) is 0 Å². The van der Waals surface area contributed by atoms with Crippen LogP contribution >= 0.6 is 0 Å². The van der Waals surface area contributed by atoms with E-state index in [1.165, 1.54) is 24.3 Å². The summed E-state index contributed by atoms with van der Waals surface area (Å²) in [5.74, 6) is -1.68. The van der Waals surface area contributed by atoms with Gasteiger partial charge in [-0.3, -0.25) is 19.3 Å². The number of halogens is 3. The number of likely N-dealkylation sites (tertiary alicyclic amines) is 1. The summed E-state index contributed by atoms with van der Waals surface area (Å²) >= 11 is 0. The van der Waals surface area contributed by atoms with Crippen LogP contribution in [0.5, 0.6) is 0 Å². The molecule has 3 amide bonds. The highest BCUT2D eigenvalue weighted by molar-refractivity contribution is 6.02. The van der Waals surface area contributed by atoms with Crippen molar-refractivity contribution in [3.05, 3.63) is 35.9 Å². The summed E-state index contributed by atoms with van der Waals surface area (Å²) in [6.45, 7) is -0.205.